The van der Waals surface area contributed by atoms with Crippen molar-refractivity contribution in [2.24, 2.45) is 0 Å². The van der Waals surface area contributed by atoms with Crippen LogP contribution in [0.1, 0.15) is 56.5 Å². The summed E-state index contributed by atoms with van der Waals surface area (Å²) >= 11 is 0. The summed E-state index contributed by atoms with van der Waals surface area (Å²) < 4.78 is 2.32. The molecule has 0 fully saturated rings. The second-order valence-electron chi connectivity index (χ2n) is 9.29. The van der Waals surface area contributed by atoms with Crippen molar-refractivity contribution in [2.75, 3.05) is 6.54 Å². The predicted octanol–water partition coefficient (Wildman–Crippen LogP) is 5.61. The van der Waals surface area contributed by atoms with Crippen LogP contribution in [0.4, 0.5) is 0 Å². The quantitative estimate of drug-likeness (QED) is 0.502. The summed E-state index contributed by atoms with van der Waals surface area (Å²) in [6.07, 6.45) is 2.62. The SMILES string of the molecule is CC[C@@H](O)CN(Cc1ccccc1)Cc1cccn1Cc1ccc(C(C)(C)C)cc1. The van der Waals surface area contributed by atoms with E-state index in [1.165, 1.54) is 22.4 Å². The molecule has 1 atom stereocenters. The average Bonchev–Trinajstić information content (AvgIpc) is 3.14. The van der Waals surface area contributed by atoms with Crippen molar-refractivity contribution in [2.45, 2.75) is 65.3 Å². The molecular formula is C27H36N2O. The highest BCUT2D eigenvalue weighted by Crippen LogP contribution is 2.23. The van der Waals surface area contributed by atoms with Gasteiger partial charge < -0.3 is 9.67 Å². The third-order valence-electron chi connectivity index (χ3n) is 5.67. The molecule has 0 aliphatic carbocycles. The minimum absolute atomic E-state index is 0.176. The van der Waals surface area contributed by atoms with Gasteiger partial charge in [-0.15, -0.1) is 0 Å². The Bertz CT molecular complexity index is 891. The van der Waals surface area contributed by atoms with E-state index in [2.05, 4.69) is 97.1 Å². The zero-order valence-corrected chi connectivity index (χ0v) is 18.9. The first kappa shape index (κ1) is 22.3. The maximum absolute atomic E-state index is 10.3. The van der Waals surface area contributed by atoms with Crippen LogP contribution in [0.25, 0.3) is 0 Å². The summed E-state index contributed by atoms with van der Waals surface area (Å²) in [5.41, 5.74) is 5.39. The van der Waals surface area contributed by atoms with Crippen molar-refractivity contribution >= 4 is 0 Å². The second-order valence-corrected chi connectivity index (χ2v) is 9.29. The lowest BCUT2D eigenvalue weighted by Crippen LogP contribution is -2.32. The molecular weight excluding hydrogens is 368 g/mol. The molecule has 160 valence electrons. The zero-order chi connectivity index (χ0) is 21.6. The van der Waals surface area contributed by atoms with Crippen LogP contribution in [0, 0.1) is 0 Å². The van der Waals surface area contributed by atoms with Gasteiger partial charge in [-0.25, -0.2) is 0 Å². The van der Waals surface area contributed by atoms with Crippen molar-refractivity contribution in [3.8, 4) is 0 Å². The van der Waals surface area contributed by atoms with Crippen molar-refractivity contribution in [1.82, 2.24) is 9.47 Å². The summed E-state index contributed by atoms with van der Waals surface area (Å²) in [5, 5.41) is 10.3. The number of nitrogens with zero attached hydrogens (tertiary/aromatic N) is 2. The standard InChI is InChI=1S/C27H36N2O/c1-5-26(30)21-28(18-22-10-7-6-8-11-22)20-25-12-9-17-29(25)19-23-13-15-24(16-14-23)27(2,3)4/h6-17,26,30H,5,18-21H2,1-4H3/t26-/m1/s1. The fraction of sp³-hybridized carbons (Fsp3) is 0.407. The van der Waals surface area contributed by atoms with Crippen LogP contribution in [0.5, 0.6) is 0 Å². The predicted molar refractivity (Wildman–Crippen MR) is 126 cm³/mol. The van der Waals surface area contributed by atoms with Crippen LogP contribution >= 0.6 is 0 Å². The first-order valence-electron chi connectivity index (χ1n) is 11.0. The molecule has 0 bridgehead atoms. The van der Waals surface area contributed by atoms with Crippen LogP contribution in [0.2, 0.25) is 0 Å². The van der Waals surface area contributed by atoms with E-state index in [9.17, 15) is 5.11 Å². The molecule has 1 heterocycles. The minimum atomic E-state index is -0.304. The first-order chi connectivity index (χ1) is 14.3. The second kappa shape index (κ2) is 10.1. The van der Waals surface area contributed by atoms with E-state index in [0.717, 1.165) is 26.1 Å². The summed E-state index contributed by atoms with van der Waals surface area (Å²) in [7, 11) is 0. The summed E-state index contributed by atoms with van der Waals surface area (Å²) in [4.78, 5) is 2.35. The molecule has 3 nitrogen and oxygen atoms in total. The largest absolute Gasteiger partial charge is 0.392 e. The van der Waals surface area contributed by atoms with Gasteiger partial charge in [0.15, 0.2) is 0 Å². The number of hydrogen-bond acceptors (Lipinski definition) is 2. The van der Waals surface area contributed by atoms with Crippen molar-refractivity contribution in [3.63, 3.8) is 0 Å². The van der Waals surface area contributed by atoms with Gasteiger partial charge in [-0.2, -0.15) is 0 Å². The molecule has 1 aromatic heterocycles. The van der Waals surface area contributed by atoms with Crippen LogP contribution in [-0.2, 0) is 25.0 Å². The molecule has 3 aromatic rings. The van der Waals surface area contributed by atoms with Gasteiger partial charge in [-0.3, -0.25) is 4.90 Å². The number of hydrogen-bond donors (Lipinski definition) is 1. The Morgan fingerprint density at radius 1 is 0.867 bits per heavy atom. The highest BCUT2D eigenvalue weighted by Gasteiger charge is 2.15. The zero-order valence-electron chi connectivity index (χ0n) is 18.9. The Morgan fingerprint density at radius 3 is 2.20 bits per heavy atom. The summed E-state index contributed by atoms with van der Waals surface area (Å²) in [5.74, 6) is 0. The summed E-state index contributed by atoms with van der Waals surface area (Å²) in [6, 6.07) is 23.8. The molecule has 0 unspecified atom stereocenters. The molecule has 0 radical (unpaired) electrons. The molecule has 30 heavy (non-hydrogen) atoms. The molecule has 2 aromatic carbocycles. The number of benzene rings is 2. The van der Waals surface area contributed by atoms with Gasteiger partial charge in [-0.1, -0.05) is 82.3 Å². The molecule has 0 amide bonds. The van der Waals surface area contributed by atoms with Gasteiger partial charge in [0, 0.05) is 38.1 Å². The molecule has 3 rings (SSSR count). The lowest BCUT2D eigenvalue weighted by atomic mass is 9.87. The number of rotatable bonds is 9. The molecule has 0 aliphatic heterocycles. The van der Waals surface area contributed by atoms with Gasteiger partial charge >= 0.3 is 0 Å². The first-order valence-corrected chi connectivity index (χ1v) is 11.0. The topological polar surface area (TPSA) is 28.4 Å². The van der Waals surface area contributed by atoms with E-state index in [-0.39, 0.29) is 11.5 Å². The van der Waals surface area contributed by atoms with Gasteiger partial charge in [-0.05, 0) is 40.7 Å². The van der Waals surface area contributed by atoms with E-state index < -0.39 is 0 Å². The van der Waals surface area contributed by atoms with Crippen molar-refractivity contribution < 1.29 is 5.11 Å². The Hall–Kier alpha value is -2.36. The Morgan fingerprint density at radius 2 is 1.57 bits per heavy atom. The Kier molecular flexibility index (Phi) is 7.52. The van der Waals surface area contributed by atoms with E-state index in [0.29, 0.717) is 6.54 Å². The van der Waals surface area contributed by atoms with E-state index >= 15 is 0 Å². The van der Waals surface area contributed by atoms with Crippen molar-refractivity contribution in [1.29, 1.82) is 0 Å². The monoisotopic (exact) mass is 404 g/mol. The maximum Gasteiger partial charge on any atom is 0.0664 e. The third-order valence-corrected chi connectivity index (χ3v) is 5.67. The number of aliphatic hydroxyl groups is 1. The van der Waals surface area contributed by atoms with Crippen molar-refractivity contribution in [3.05, 3.63) is 95.3 Å². The van der Waals surface area contributed by atoms with Gasteiger partial charge in [0.25, 0.3) is 0 Å². The Balaban J connectivity index is 1.72. The van der Waals surface area contributed by atoms with Gasteiger partial charge in [0.2, 0.25) is 0 Å². The van der Waals surface area contributed by atoms with Gasteiger partial charge in [0.1, 0.15) is 0 Å². The summed E-state index contributed by atoms with van der Waals surface area (Å²) in [6.45, 7) is 12.0. The third kappa shape index (κ3) is 6.32. The van der Waals surface area contributed by atoms with Crippen LogP contribution in [0.3, 0.4) is 0 Å². The lowest BCUT2D eigenvalue weighted by molar-refractivity contribution is 0.100. The van der Waals surface area contributed by atoms with E-state index in [1.54, 1.807) is 0 Å². The van der Waals surface area contributed by atoms with Crippen LogP contribution in [-0.4, -0.2) is 27.2 Å². The Labute approximate surface area is 182 Å². The molecule has 0 spiro atoms. The van der Waals surface area contributed by atoms with Crippen LogP contribution in [0.15, 0.2) is 72.9 Å². The smallest absolute Gasteiger partial charge is 0.0664 e. The molecule has 1 N–H and O–H groups in total. The fourth-order valence-corrected chi connectivity index (χ4v) is 3.74. The van der Waals surface area contributed by atoms with Crippen LogP contribution < -0.4 is 0 Å². The highest BCUT2D eigenvalue weighted by atomic mass is 16.3. The van der Waals surface area contributed by atoms with Gasteiger partial charge in [0.05, 0.1) is 6.10 Å². The molecule has 0 saturated heterocycles. The molecule has 0 aliphatic rings. The minimum Gasteiger partial charge on any atom is -0.392 e. The normalized spacial score (nSPS) is 13.0. The maximum atomic E-state index is 10.3. The van der Waals surface area contributed by atoms with E-state index in [1.807, 2.05) is 13.0 Å². The fourth-order valence-electron chi connectivity index (χ4n) is 3.74. The number of aliphatic hydroxyl groups excluding tert-OH is 1. The molecule has 0 saturated carbocycles. The molecule has 3 heteroatoms. The van der Waals surface area contributed by atoms with E-state index in [4.69, 9.17) is 0 Å². The lowest BCUT2D eigenvalue weighted by Gasteiger charge is -2.25. The number of aromatic nitrogens is 1. The average molecular weight is 405 g/mol. The highest BCUT2D eigenvalue weighted by molar-refractivity contribution is 5.28.